The van der Waals surface area contributed by atoms with Gasteiger partial charge in [0.25, 0.3) is 11.8 Å². The minimum atomic E-state index is -4.71. The summed E-state index contributed by atoms with van der Waals surface area (Å²) in [5.41, 5.74) is -0.272. The van der Waals surface area contributed by atoms with Crippen molar-refractivity contribution in [3.63, 3.8) is 0 Å². The first-order chi connectivity index (χ1) is 17.2. The lowest BCUT2D eigenvalue weighted by atomic mass is 10.1. The van der Waals surface area contributed by atoms with Gasteiger partial charge in [-0.1, -0.05) is 18.2 Å². The van der Waals surface area contributed by atoms with Crippen LogP contribution in [0.15, 0.2) is 60.7 Å². The normalized spacial score (nSPS) is 11.4. The van der Waals surface area contributed by atoms with Gasteiger partial charge < -0.3 is 25.1 Å². The zero-order valence-corrected chi connectivity index (χ0v) is 19.2. The van der Waals surface area contributed by atoms with Crippen molar-refractivity contribution in [1.82, 2.24) is 9.97 Å². The van der Waals surface area contributed by atoms with E-state index >= 15 is 0 Å². The molecule has 1 heterocycles. The number of aromatic nitrogens is 2. The maximum atomic E-state index is 13.4. The van der Waals surface area contributed by atoms with Gasteiger partial charge in [0.1, 0.15) is 23.7 Å². The fraction of sp³-hybridized carbons (Fsp3) is 0.160. The third-order valence-electron chi connectivity index (χ3n) is 5.22. The molecule has 8 nitrogen and oxygen atoms in total. The van der Waals surface area contributed by atoms with E-state index in [0.29, 0.717) is 28.3 Å². The highest BCUT2D eigenvalue weighted by Crippen LogP contribution is 2.32. The van der Waals surface area contributed by atoms with Gasteiger partial charge in [0.2, 0.25) is 0 Å². The number of H-pyrrole nitrogens is 1. The standard InChI is InChI=1S/C25H21F3N4O4/c1-35-13-21-31-20-12-15(30-23(33)17-8-3-4-9-19(17)25(26,27)28)11-18(22(20)32-21)24(34)29-14-6-5-7-16(10-14)36-2/h3-12H,13H2,1-2H3,(H,29,34)(H,30,33)(H,31,32). The molecule has 0 atom stereocenters. The van der Waals surface area contributed by atoms with E-state index in [9.17, 15) is 22.8 Å². The summed E-state index contributed by atoms with van der Waals surface area (Å²) in [5.74, 6) is -0.563. The summed E-state index contributed by atoms with van der Waals surface area (Å²) in [6.07, 6.45) is -4.71. The van der Waals surface area contributed by atoms with Gasteiger partial charge >= 0.3 is 6.18 Å². The summed E-state index contributed by atoms with van der Waals surface area (Å²) in [4.78, 5) is 33.4. The second-order valence-electron chi connectivity index (χ2n) is 7.72. The molecule has 4 aromatic rings. The van der Waals surface area contributed by atoms with E-state index in [1.807, 2.05) is 0 Å². The topological polar surface area (TPSA) is 105 Å². The molecule has 0 radical (unpaired) electrons. The third-order valence-corrected chi connectivity index (χ3v) is 5.22. The minimum absolute atomic E-state index is 0.0910. The maximum absolute atomic E-state index is 13.4. The van der Waals surface area contributed by atoms with Crippen LogP contribution in [0.5, 0.6) is 5.75 Å². The van der Waals surface area contributed by atoms with Crippen LogP contribution in [0, 0.1) is 0 Å². The van der Waals surface area contributed by atoms with E-state index in [4.69, 9.17) is 9.47 Å². The summed E-state index contributed by atoms with van der Waals surface area (Å²) < 4.78 is 50.4. The van der Waals surface area contributed by atoms with Crippen LogP contribution >= 0.6 is 0 Å². The summed E-state index contributed by atoms with van der Waals surface area (Å²) in [5, 5.41) is 5.21. The number of halogens is 3. The fourth-order valence-corrected chi connectivity index (χ4v) is 3.64. The Labute approximate surface area is 203 Å². The Morgan fingerprint density at radius 2 is 1.64 bits per heavy atom. The number of aromatic amines is 1. The molecule has 0 saturated heterocycles. The average Bonchev–Trinajstić information content (AvgIpc) is 3.25. The number of carbonyl (C=O) groups excluding carboxylic acids is 2. The van der Waals surface area contributed by atoms with E-state index in [0.717, 1.165) is 12.1 Å². The number of rotatable bonds is 7. The molecule has 3 N–H and O–H groups in total. The van der Waals surface area contributed by atoms with Crippen LogP contribution in [0.4, 0.5) is 24.5 Å². The van der Waals surface area contributed by atoms with Crippen LogP contribution in [-0.4, -0.2) is 36.0 Å². The Bertz CT molecular complexity index is 1430. The van der Waals surface area contributed by atoms with E-state index in [1.54, 1.807) is 24.3 Å². The van der Waals surface area contributed by atoms with Crippen molar-refractivity contribution in [3.05, 3.63) is 83.2 Å². The van der Waals surface area contributed by atoms with Gasteiger partial charge in [-0.15, -0.1) is 0 Å². The van der Waals surface area contributed by atoms with Crippen molar-refractivity contribution >= 4 is 34.2 Å². The Kier molecular flexibility index (Phi) is 6.93. The molecule has 0 aliphatic heterocycles. The number of methoxy groups -OCH3 is 2. The Morgan fingerprint density at radius 1 is 0.917 bits per heavy atom. The summed E-state index contributed by atoms with van der Waals surface area (Å²) >= 11 is 0. The first kappa shape index (κ1) is 24.7. The van der Waals surface area contributed by atoms with E-state index in [1.165, 1.54) is 38.5 Å². The first-order valence-electron chi connectivity index (χ1n) is 10.6. The summed E-state index contributed by atoms with van der Waals surface area (Å²) in [6, 6.07) is 14.0. The first-order valence-corrected chi connectivity index (χ1v) is 10.6. The molecule has 2 amide bonds. The second-order valence-corrected chi connectivity index (χ2v) is 7.72. The number of benzene rings is 3. The highest BCUT2D eigenvalue weighted by Gasteiger charge is 2.35. The van der Waals surface area contributed by atoms with Gasteiger partial charge in [-0.2, -0.15) is 13.2 Å². The van der Waals surface area contributed by atoms with Gasteiger partial charge in [-0.25, -0.2) is 4.98 Å². The van der Waals surface area contributed by atoms with Gasteiger partial charge in [0, 0.05) is 24.6 Å². The number of amides is 2. The molecule has 0 aliphatic rings. The van der Waals surface area contributed by atoms with Crippen molar-refractivity contribution in [2.24, 2.45) is 0 Å². The monoisotopic (exact) mass is 498 g/mol. The summed E-state index contributed by atoms with van der Waals surface area (Å²) in [7, 11) is 2.97. The predicted molar refractivity (Wildman–Crippen MR) is 127 cm³/mol. The molecular weight excluding hydrogens is 477 g/mol. The lowest BCUT2D eigenvalue weighted by Crippen LogP contribution is -2.19. The molecule has 11 heteroatoms. The number of anilines is 2. The molecule has 1 aromatic heterocycles. The molecular formula is C25H21F3N4O4. The molecule has 4 rings (SSSR count). The zero-order valence-electron chi connectivity index (χ0n) is 19.2. The largest absolute Gasteiger partial charge is 0.497 e. The van der Waals surface area contributed by atoms with Crippen LogP contribution in [0.1, 0.15) is 32.1 Å². The molecule has 0 saturated carbocycles. The number of nitrogens with one attached hydrogen (secondary N) is 3. The third kappa shape index (κ3) is 5.31. The maximum Gasteiger partial charge on any atom is 0.417 e. The molecule has 3 aromatic carbocycles. The van der Waals surface area contributed by atoms with E-state index in [-0.39, 0.29) is 17.9 Å². The van der Waals surface area contributed by atoms with Crippen LogP contribution in [0.3, 0.4) is 0 Å². The van der Waals surface area contributed by atoms with Crippen molar-refractivity contribution < 1.29 is 32.2 Å². The number of hydrogen-bond acceptors (Lipinski definition) is 5. The van der Waals surface area contributed by atoms with Crippen molar-refractivity contribution in [3.8, 4) is 5.75 Å². The van der Waals surface area contributed by atoms with Gasteiger partial charge in [-0.05, 0) is 36.4 Å². The smallest absolute Gasteiger partial charge is 0.417 e. The van der Waals surface area contributed by atoms with Gasteiger partial charge in [0.05, 0.1) is 29.3 Å². The molecule has 0 aliphatic carbocycles. The van der Waals surface area contributed by atoms with Crippen molar-refractivity contribution in [1.29, 1.82) is 0 Å². The molecule has 0 spiro atoms. The van der Waals surface area contributed by atoms with Crippen molar-refractivity contribution in [2.75, 3.05) is 24.9 Å². The second kappa shape index (κ2) is 10.1. The number of ether oxygens (including phenoxy) is 2. The average molecular weight is 498 g/mol. The van der Waals surface area contributed by atoms with Gasteiger partial charge in [-0.3, -0.25) is 9.59 Å². The molecule has 0 unspecified atom stereocenters. The molecule has 0 bridgehead atoms. The Hall–Kier alpha value is -4.38. The number of nitrogens with zero attached hydrogens (tertiary/aromatic N) is 1. The van der Waals surface area contributed by atoms with Crippen LogP contribution in [0.2, 0.25) is 0 Å². The van der Waals surface area contributed by atoms with Crippen molar-refractivity contribution in [2.45, 2.75) is 12.8 Å². The van der Waals surface area contributed by atoms with E-state index in [2.05, 4.69) is 20.6 Å². The zero-order chi connectivity index (χ0) is 25.9. The molecule has 0 fully saturated rings. The molecule has 36 heavy (non-hydrogen) atoms. The summed E-state index contributed by atoms with van der Waals surface area (Å²) in [6.45, 7) is 0.131. The number of hydrogen-bond donors (Lipinski definition) is 3. The lowest BCUT2D eigenvalue weighted by molar-refractivity contribution is -0.137. The van der Waals surface area contributed by atoms with Gasteiger partial charge in [0.15, 0.2) is 0 Å². The van der Waals surface area contributed by atoms with E-state index < -0.39 is 29.1 Å². The minimum Gasteiger partial charge on any atom is -0.497 e. The SMILES string of the molecule is COCc1nc2c(C(=O)Nc3cccc(OC)c3)cc(NC(=O)c3ccccc3C(F)(F)F)cc2[nH]1. The number of imidazole rings is 1. The number of carbonyl (C=O) groups is 2. The van der Waals surface area contributed by atoms with Crippen LogP contribution in [0.25, 0.3) is 11.0 Å². The van der Waals surface area contributed by atoms with Crippen LogP contribution in [-0.2, 0) is 17.5 Å². The number of fused-ring (bicyclic) bond motifs is 1. The highest BCUT2D eigenvalue weighted by molar-refractivity contribution is 6.14. The Morgan fingerprint density at radius 3 is 2.36 bits per heavy atom. The lowest BCUT2D eigenvalue weighted by Gasteiger charge is -2.13. The fourth-order valence-electron chi connectivity index (χ4n) is 3.64. The number of alkyl halides is 3. The molecule has 186 valence electrons. The predicted octanol–water partition coefficient (Wildman–Crippen LogP) is 5.24. The highest BCUT2D eigenvalue weighted by atomic mass is 19.4. The quantitative estimate of drug-likeness (QED) is 0.323. The Balaban J connectivity index is 1.72. The van der Waals surface area contributed by atoms with Crippen LogP contribution < -0.4 is 15.4 Å².